The van der Waals surface area contributed by atoms with Crippen molar-refractivity contribution in [3.8, 4) is 0 Å². The SMILES string of the molecule is CC1(C2CCCN2)NC(C(=O)O)CS1. The van der Waals surface area contributed by atoms with Crippen LogP contribution in [0.5, 0.6) is 0 Å². The van der Waals surface area contributed by atoms with Gasteiger partial charge in [-0.15, -0.1) is 11.8 Å². The highest BCUT2D eigenvalue weighted by atomic mass is 32.2. The maximum absolute atomic E-state index is 10.8. The number of thioether (sulfide) groups is 1. The molecule has 0 aromatic rings. The second-order valence-electron chi connectivity index (χ2n) is 4.10. The molecule has 3 N–H and O–H groups in total. The zero-order valence-electron chi connectivity index (χ0n) is 8.25. The Bertz CT molecular complexity index is 243. The molecule has 0 aromatic carbocycles. The number of carbonyl (C=O) groups is 1. The van der Waals surface area contributed by atoms with E-state index in [1.54, 1.807) is 11.8 Å². The molecule has 2 aliphatic heterocycles. The summed E-state index contributed by atoms with van der Waals surface area (Å²) in [5, 5.41) is 15.5. The van der Waals surface area contributed by atoms with E-state index in [1.807, 2.05) is 0 Å². The third kappa shape index (κ3) is 1.76. The van der Waals surface area contributed by atoms with Crippen molar-refractivity contribution in [3.05, 3.63) is 0 Å². The molecular formula is C9H16N2O2S. The second kappa shape index (κ2) is 3.72. The first-order chi connectivity index (χ1) is 6.62. The fourth-order valence-corrected chi connectivity index (χ4v) is 3.54. The van der Waals surface area contributed by atoms with Gasteiger partial charge >= 0.3 is 5.97 Å². The zero-order chi connectivity index (χ0) is 10.2. The lowest BCUT2D eigenvalue weighted by molar-refractivity contribution is -0.138. The van der Waals surface area contributed by atoms with Crippen LogP contribution in [0.1, 0.15) is 19.8 Å². The largest absolute Gasteiger partial charge is 0.480 e. The zero-order valence-corrected chi connectivity index (χ0v) is 9.06. The van der Waals surface area contributed by atoms with Crippen molar-refractivity contribution in [2.45, 2.75) is 36.7 Å². The summed E-state index contributed by atoms with van der Waals surface area (Å²) in [5.41, 5.74) is 0. The molecule has 2 aliphatic rings. The third-order valence-corrected chi connectivity index (χ3v) is 4.54. The molecule has 3 atom stereocenters. The summed E-state index contributed by atoms with van der Waals surface area (Å²) in [6.45, 7) is 3.16. The predicted molar refractivity (Wildman–Crippen MR) is 56.4 cm³/mol. The quantitative estimate of drug-likeness (QED) is 0.617. The van der Waals surface area contributed by atoms with Crippen molar-refractivity contribution >= 4 is 17.7 Å². The van der Waals surface area contributed by atoms with Gasteiger partial charge in [0, 0.05) is 11.8 Å². The summed E-state index contributed by atoms with van der Waals surface area (Å²) < 4.78 is 0. The van der Waals surface area contributed by atoms with Crippen LogP contribution >= 0.6 is 11.8 Å². The fourth-order valence-electron chi connectivity index (χ4n) is 2.17. The molecule has 3 unspecified atom stereocenters. The monoisotopic (exact) mass is 216 g/mol. The number of rotatable bonds is 2. The Morgan fingerprint density at radius 3 is 2.93 bits per heavy atom. The van der Waals surface area contributed by atoms with Crippen molar-refractivity contribution in [3.63, 3.8) is 0 Å². The van der Waals surface area contributed by atoms with Gasteiger partial charge in [0.25, 0.3) is 0 Å². The van der Waals surface area contributed by atoms with Gasteiger partial charge in [-0.1, -0.05) is 0 Å². The standard InChI is InChI=1S/C9H16N2O2S/c1-9(7-3-2-4-10-7)11-6(5-14-9)8(12)13/h6-7,10-11H,2-5H2,1H3,(H,12,13). The van der Waals surface area contributed by atoms with Gasteiger partial charge in [0.15, 0.2) is 0 Å². The van der Waals surface area contributed by atoms with E-state index in [0.717, 1.165) is 13.0 Å². The van der Waals surface area contributed by atoms with Crippen LogP contribution in [-0.2, 0) is 4.79 Å². The van der Waals surface area contributed by atoms with Crippen LogP contribution in [0.2, 0.25) is 0 Å². The van der Waals surface area contributed by atoms with Gasteiger partial charge in [-0.3, -0.25) is 10.1 Å². The van der Waals surface area contributed by atoms with Gasteiger partial charge in [-0.2, -0.15) is 0 Å². The highest BCUT2D eigenvalue weighted by Crippen LogP contribution is 2.36. The summed E-state index contributed by atoms with van der Waals surface area (Å²) >= 11 is 1.72. The average Bonchev–Trinajstić information content (AvgIpc) is 2.71. The molecular weight excluding hydrogens is 200 g/mol. The van der Waals surface area contributed by atoms with Crippen molar-refractivity contribution in [2.75, 3.05) is 12.3 Å². The van der Waals surface area contributed by atoms with Crippen molar-refractivity contribution < 1.29 is 9.90 Å². The van der Waals surface area contributed by atoms with Crippen molar-refractivity contribution in [2.24, 2.45) is 0 Å². The second-order valence-corrected chi connectivity index (χ2v) is 5.57. The minimum Gasteiger partial charge on any atom is -0.480 e. The number of hydrogen-bond acceptors (Lipinski definition) is 4. The molecule has 5 heteroatoms. The first kappa shape index (κ1) is 10.3. The number of aliphatic carboxylic acids is 1. The van der Waals surface area contributed by atoms with Crippen molar-refractivity contribution in [1.82, 2.24) is 10.6 Å². The van der Waals surface area contributed by atoms with E-state index >= 15 is 0 Å². The van der Waals surface area contributed by atoms with E-state index in [2.05, 4.69) is 17.6 Å². The van der Waals surface area contributed by atoms with E-state index in [1.165, 1.54) is 6.42 Å². The molecule has 2 fully saturated rings. The molecule has 0 amide bonds. The van der Waals surface area contributed by atoms with Crippen LogP contribution in [0.4, 0.5) is 0 Å². The molecule has 0 bridgehead atoms. The molecule has 2 heterocycles. The number of carboxylic acid groups (broad SMARTS) is 1. The Kier molecular flexibility index (Phi) is 2.72. The summed E-state index contributed by atoms with van der Waals surface area (Å²) in [7, 11) is 0. The van der Waals surface area contributed by atoms with Gasteiger partial charge in [-0.05, 0) is 26.3 Å². The van der Waals surface area contributed by atoms with Crippen molar-refractivity contribution in [1.29, 1.82) is 0 Å². The lowest BCUT2D eigenvalue weighted by Gasteiger charge is -2.31. The topological polar surface area (TPSA) is 61.4 Å². The Hall–Kier alpha value is -0.260. The lowest BCUT2D eigenvalue weighted by atomic mass is 10.1. The van der Waals surface area contributed by atoms with Gasteiger partial charge in [-0.25, -0.2) is 0 Å². The maximum atomic E-state index is 10.8. The molecule has 0 aromatic heterocycles. The molecule has 0 saturated carbocycles. The number of carboxylic acids is 1. The van der Waals surface area contributed by atoms with Gasteiger partial charge < -0.3 is 10.4 Å². The van der Waals surface area contributed by atoms with E-state index in [-0.39, 0.29) is 10.9 Å². The van der Waals surface area contributed by atoms with Crippen LogP contribution in [0.15, 0.2) is 0 Å². The van der Waals surface area contributed by atoms with E-state index in [4.69, 9.17) is 5.11 Å². The van der Waals surface area contributed by atoms with Crippen LogP contribution in [0.25, 0.3) is 0 Å². The molecule has 0 aliphatic carbocycles. The summed E-state index contributed by atoms with van der Waals surface area (Å²) in [6, 6.07) is 0.0317. The summed E-state index contributed by atoms with van der Waals surface area (Å²) in [6.07, 6.45) is 2.34. The van der Waals surface area contributed by atoms with E-state index < -0.39 is 5.97 Å². The normalized spacial score (nSPS) is 42.9. The summed E-state index contributed by atoms with van der Waals surface area (Å²) in [4.78, 5) is 10.7. The molecule has 2 saturated heterocycles. The summed E-state index contributed by atoms with van der Waals surface area (Å²) in [5.74, 6) is -0.0662. The lowest BCUT2D eigenvalue weighted by Crippen LogP contribution is -2.53. The minimum absolute atomic E-state index is 0.0977. The Balaban J connectivity index is 2.00. The fraction of sp³-hybridized carbons (Fsp3) is 0.889. The van der Waals surface area contributed by atoms with E-state index in [9.17, 15) is 4.79 Å². The molecule has 0 spiro atoms. The Morgan fingerprint density at radius 2 is 2.43 bits per heavy atom. The first-order valence-electron chi connectivity index (χ1n) is 5.00. The minimum atomic E-state index is -0.737. The molecule has 4 nitrogen and oxygen atoms in total. The maximum Gasteiger partial charge on any atom is 0.321 e. The smallest absolute Gasteiger partial charge is 0.321 e. The Morgan fingerprint density at radius 1 is 1.64 bits per heavy atom. The Labute approximate surface area is 87.8 Å². The molecule has 14 heavy (non-hydrogen) atoms. The molecule has 2 rings (SSSR count). The third-order valence-electron chi connectivity index (χ3n) is 3.03. The molecule has 80 valence electrons. The van der Waals surface area contributed by atoms with Gasteiger partial charge in [0.1, 0.15) is 6.04 Å². The van der Waals surface area contributed by atoms with E-state index in [0.29, 0.717) is 11.8 Å². The highest BCUT2D eigenvalue weighted by molar-refractivity contribution is 8.01. The van der Waals surface area contributed by atoms with Crippen LogP contribution in [-0.4, -0.2) is 40.3 Å². The average molecular weight is 216 g/mol. The van der Waals surface area contributed by atoms with Crippen LogP contribution in [0, 0.1) is 0 Å². The van der Waals surface area contributed by atoms with Crippen LogP contribution in [0.3, 0.4) is 0 Å². The number of nitrogens with one attached hydrogen (secondary N) is 2. The first-order valence-corrected chi connectivity index (χ1v) is 5.98. The number of hydrogen-bond donors (Lipinski definition) is 3. The van der Waals surface area contributed by atoms with Gasteiger partial charge in [0.2, 0.25) is 0 Å². The predicted octanol–water partition coefficient (Wildman–Crippen LogP) is 0.244. The highest BCUT2D eigenvalue weighted by Gasteiger charge is 2.44. The van der Waals surface area contributed by atoms with Crippen LogP contribution < -0.4 is 10.6 Å². The molecule has 0 radical (unpaired) electrons. The van der Waals surface area contributed by atoms with Gasteiger partial charge in [0.05, 0.1) is 4.87 Å².